The first-order valence-electron chi connectivity index (χ1n) is 4.50. The second-order valence-corrected chi connectivity index (χ2v) is 3.32. The van der Waals surface area contributed by atoms with Gasteiger partial charge in [0.25, 0.3) is 0 Å². The molecule has 68 valence electrons. The summed E-state index contributed by atoms with van der Waals surface area (Å²) in [6, 6.07) is 2.01. The van der Waals surface area contributed by atoms with Crippen LogP contribution in [0.1, 0.15) is 25.2 Å². The molecule has 0 fully saturated rings. The Kier molecular flexibility index (Phi) is 1.79. The largest absolute Gasteiger partial charge is 0.294 e. The molecule has 0 bridgehead atoms. The molecule has 1 aliphatic rings. The lowest BCUT2D eigenvalue weighted by Gasteiger charge is -2.10. The van der Waals surface area contributed by atoms with Crippen LogP contribution in [-0.2, 0) is 17.6 Å². The molecule has 3 heteroatoms. The number of hydrogen-bond acceptors (Lipinski definition) is 2. The topological polar surface area (TPSA) is 34.9 Å². The van der Waals surface area contributed by atoms with Crippen molar-refractivity contribution in [2.24, 2.45) is 0 Å². The molecule has 1 aromatic rings. The highest BCUT2D eigenvalue weighted by Gasteiger charge is 2.16. The van der Waals surface area contributed by atoms with Gasteiger partial charge in [0.1, 0.15) is 0 Å². The highest BCUT2D eigenvalue weighted by molar-refractivity contribution is 5.97. The number of fused-ring (bicyclic) bond motifs is 1. The maximum atomic E-state index is 11.2. The van der Waals surface area contributed by atoms with Crippen LogP contribution >= 0.6 is 0 Å². The van der Waals surface area contributed by atoms with Crippen LogP contribution in [-0.4, -0.2) is 15.6 Å². The van der Waals surface area contributed by atoms with Crippen LogP contribution < -0.4 is 0 Å². The molecule has 0 aromatic carbocycles. The summed E-state index contributed by atoms with van der Waals surface area (Å²) in [6.45, 7) is 3.97. The van der Waals surface area contributed by atoms with Gasteiger partial charge in [-0.1, -0.05) is 6.92 Å². The fourth-order valence-electron chi connectivity index (χ4n) is 1.60. The van der Waals surface area contributed by atoms with Crippen LogP contribution in [0.2, 0.25) is 0 Å². The molecule has 0 radical (unpaired) electrons. The second kappa shape index (κ2) is 2.83. The molecule has 13 heavy (non-hydrogen) atoms. The number of hydrogen-bond donors (Lipinski definition) is 0. The molecule has 2 heterocycles. The maximum absolute atomic E-state index is 11.2. The van der Waals surface area contributed by atoms with Gasteiger partial charge in [-0.05, 0) is 19.4 Å². The molecule has 0 aliphatic carbocycles. The molecule has 0 spiro atoms. The van der Waals surface area contributed by atoms with Gasteiger partial charge in [-0.3, -0.25) is 4.79 Å². The van der Waals surface area contributed by atoms with Gasteiger partial charge in [-0.2, -0.15) is 5.10 Å². The Labute approximate surface area is 77.1 Å². The first kappa shape index (κ1) is 8.23. The smallest absolute Gasteiger partial charge is 0.163 e. The molecule has 0 saturated carbocycles. The molecule has 3 nitrogen and oxygen atoms in total. The Balaban J connectivity index is 2.50. The lowest BCUT2D eigenvalue weighted by molar-refractivity contribution is -0.114. The first-order chi connectivity index (χ1) is 6.20. The average molecular weight is 176 g/mol. The Morgan fingerprint density at radius 2 is 2.38 bits per heavy atom. The maximum Gasteiger partial charge on any atom is 0.163 e. The Hall–Kier alpha value is -1.38. The quantitative estimate of drug-likeness (QED) is 0.648. The van der Waals surface area contributed by atoms with Crippen molar-refractivity contribution in [1.29, 1.82) is 0 Å². The number of carbonyl (C=O) groups excluding carboxylic acids is 1. The van der Waals surface area contributed by atoms with Crippen molar-refractivity contribution in [3.8, 4) is 0 Å². The third kappa shape index (κ3) is 1.30. The van der Waals surface area contributed by atoms with E-state index >= 15 is 0 Å². The van der Waals surface area contributed by atoms with E-state index in [4.69, 9.17) is 0 Å². The molecule has 0 unspecified atom stereocenters. The predicted molar refractivity (Wildman–Crippen MR) is 50.3 cm³/mol. The van der Waals surface area contributed by atoms with E-state index in [0.29, 0.717) is 6.42 Å². The van der Waals surface area contributed by atoms with Crippen molar-refractivity contribution in [3.05, 3.63) is 23.5 Å². The van der Waals surface area contributed by atoms with Crippen molar-refractivity contribution >= 4 is 11.5 Å². The Morgan fingerprint density at radius 1 is 1.62 bits per heavy atom. The van der Waals surface area contributed by atoms with Crippen LogP contribution in [0.3, 0.4) is 0 Å². The van der Waals surface area contributed by atoms with Gasteiger partial charge in [-0.15, -0.1) is 0 Å². The second-order valence-electron chi connectivity index (χ2n) is 3.32. The normalized spacial score (nSPS) is 15.5. The number of allylic oxidation sites excluding steroid dienone is 2. The number of aromatic nitrogens is 2. The molecule has 0 N–H and O–H groups in total. The molecule has 2 rings (SSSR count). The number of aryl methyl sites for hydroxylation is 1. The van der Waals surface area contributed by atoms with Gasteiger partial charge >= 0.3 is 0 Å². The first-order valence-corrected chi connectivity index (χ1v) is 4.50. The molecule has 0 saturated heterocycles. The average Bonchev–Trinajstić information content (AvgIpc) is 2.47. The van der Waals surface area contributed by atoms with Crippen molar-refractivity contribution in [1.82, 2.24) is 9.78 Å². The molecule has 0 amide bonds. The van der Waals surface area contributed by atoms with E-state index in [1.807, 2.05) is 17.7 Å². The molecule has 1 aliphatic heterocycles. The number of rotatable bonds is 1. The molecular weight excluding hydrogens is 164 g/mol. The fourth-order valence-corrected chi connectivity index (χ4v) is 1.60. The van der Waals surface area contributed by atoms with E-state index in [1.165, 1.54) is 0 Å². The Morgan fingerprint density at radius 3 is 3.08 bits per heavy atom. The molecular formula is C10H12N2O. The van der Waals surface area contributed by atoms with Gasteiger partial charge in [0.15, 0.2) is 5.78 Å². The third-order valence-corrected chi connectivity index (χ3v) is 2.26. The Bertz CT molecular complexity index is 388. The summed E-state index contributed by atoms with van der Waals surface area (Å²) in [5.41, 5.74) is 2.99. The molecule has 1 aromatic heterocycles. The van der Waals surface area contributed by atoms with E-state index < -0.39 is 0 Å². The van der Waals surface area contributed by atoms with Crippen molar-refractivity contribution in [3.63, 3.8) is 0 Å². The SMILES string of the molecule is CCc1cc2n(n1)C(C)=CC(=O)C2. The minimum atomic E-state index is 0.174. The summed E-state index contributed by atoms with van der Waals surface area (Å²) in [4.78, 5) is 11.2. The summed E-state index contributed by atoms with van der Waals surface area (Å²) in [7, 11) is 0. The summed E-state index contributed by atoms with van der Waals surface area (Å²) in [6.07, 6.45) is 3.06. The van der Waals surface area contributed by atoms with Crippen molar-refractivity contribution in [2.75, 3.05) is 0 Å². The predicted octanol–water partition coefficient (Wildman–Crippen LogP) is 1.43. The summed E-state index contributed by atoms with van der Waals surface area (Å²) >= 11 is 0. The minimum absolute atomic E-state index is 0.174. The molecule has 0 atom stereocenters. The minimum Gasteiger partial charge on any atom is -0.294 e. The van der Waals surface area contributed by atoms with Crippen LogP contribution in [0.25, 0.3) is 5.70 Å². The fraction of sp³-hybridized carbons (Fsp3) is 0.400. The van der Waals surface area contributed by atoms with E-state index in [9.17, 15) is 4.79 Å². The standard InChI is InChI=1S/C10H12N2O/c1-3-8-5-9-6-10(13)4-7(2)12(9)11-8/h4-5H,3,6H2,1-2H3. The van der Waals surface area contributed by atoms with E-state index in [-0.39, 0.29) is 5.78 Å². The number of ketones is 1. The van der Waals surface area contributed by atoms with Crippen LogP contribution in [0.4, 0.5) is 0 Å². The zero-order chi connectivity index (χ0) is 9.42. The van der Waals surface area contributed by atoms with Crippen LogP contribution in [0, 0.1) is 0 Å². The highest BCUT2D eigenvalue weighted by atomic mass is 16.1. The van der Waals surface area contributed by atoms with E-state index in [2.05, 4.69) is 12.0 Å². The van der Waals surface area contributed by atoms with E-state index in [0.717, 1.165) is 23.5 Å². The zero-order valence-electron chi connectivity index (χ0n) is 7.87. The summed E-state index contributed by atoms with van der Waals surface area (Å²) in [5, 5.41) is 4.38. The monoisotopic (exact) mass is 176 g/mol. The van der Waals surface area contributed by atoms with Gasteiger partial charge in [0.05, 0.1) is 17.8 Å². The van der Waals surface area contributed by atoms with Crippen LogP contribution in [0.5, 0.6) is 0 Å². The number of carbonyl (C=O) groups is 1. The number of nitrogens with zero attached hydrogens (tertiary/aromatic N) is 2. The highest BCUT2D eigenvalue weighted by Crippen LogP contribution is 2.17. The van der Waals surface area contributed by atoms with Gasteiger partial charge < -0.3 is 0 Å². The van der Waals surface area contributed by atoms with Crippen molar-refractivity contribution < 1.29 is 4.79 Å². The summed E-state index contributed by atoms with van der Waals surface area (Å²) < 4.78 is 1.86. The van der Waals surface area contributed by atoms with E-state index in [1.54, 1.807) is 6.08 Å². The van der Waals surface area contributed by atoms with Crippen molar-refractivity contribution in [2.45, 2.75) is 26.7 Å². The van der Waals surface area contributed by atoms with Gasteiger partial charge in [-0.25, -0.2) is 4.68 Å². The van der Waals surface area contributed by atoms with Gasteiger partial charge in [0.2, 0.25) is 0 Å². The lowest BCUT2D eigenvalue weighted by Crippen LogP contribution is -2.13. The zero-order valence-corrected chi connectivity index (χ0v) is 7.87. The third-order valence-electron chi connectivity index (χ3n) is 2.26. The van der Waals surface area contributed by atoms with Gasteiger partial charge in [0, 0.05) is 11.8 Å². The van der Waals surface area contributed by atoms with Crippen LogP contribution in [0.15, 0.2) is 12.1 Å². The lowest BCUT2D eigenvalue weighted by atomic mass is 10.1. The summed E-state index contributed by atoms with van der Waals surface area (Å²) in [5.74, 6) is 0.174.